The Morgan fingerprint density at radius 2 is 2.42 bits per heavy atom. The van der Waals surface area contributed by atoms with Gasteiger partial charge in [0.25, 0.3) is 5.56 Å². The van der Waals surface area contributed by atoms with E-state index in [9.17, 15) is 4.79 Å². The fourth-order valence-corrected chi connectivity index (χ4v) is 1.98. The molecule has 0 aliphatic carbocycles. The van der Waals surface area contributed by atoms with E-state index in [0.717, 1.165) is 5.69 Å². The van der Waals surface area contributed by atoms with Gasteiger partial charge in [-0.05, 0) is 6.92 Å². The maximum absolute atomic E-state index is 10.9. The van der Waals surface area contributed by atoms with Gasteiger partial charge in [-0.15, -0.1) is 11.3 Å². The molecule has 5 heteroatoms. The van der Waals surface area contributed by atoms with Crippen LogP contribution in [0.2, 0.25) is 0 Å². The predicted octanol–water partition coefficient (Wildman–Crippen LogP) is 0.647. The van der Waals surface area contributed by atoms with Crippen molar-refractivity contribution in [2.45, 2.75) is 6.92 Å². The Bertz CT molecular complexity index is 485. The van der Waals surface area contributed by atoms with Crippen molar-refractivity contribution >= 4 is 22.1 Å². The van der Waals surface area contributed by atoms with E-state index in [1.807, 2.05) is 12.3 Å². The minimum absolute atomic E-state index is 0.283. The van der Waals surface area contributed by atoms with Crippen LogP contribution in [0.25, 0.3) is 4.96 Å². The van der Waals surface area contributed by atoms with Gasteiger partial charge in [-0.25, -0.2) is 0 Å². The third-order valence-corrected chi connectivity index (χ3v) is 2.56. The molecule has 2 aromatic rings. The lowest BCUT2D eigenvalue weighted by Crippen LogP contribution is -2.10. The molecule has 0 saturated heterocycles. The van der Waals surface area contributed by atoms with Crippen molar-refractivity contribution in [1.82, 2.24) is 9.38 Å². The number of nitrogen functional groups attached to an aromatic ring is 1. The Hall–Kier alpha value is -1.36. The molecule has 62 valence electrons. The normalized spacial score (nSPS) is 10.8. The second kappa shape index (κ2) is 2.31. The molecule has 0 radical (unpaired) electrons. The van der Waals surface area contributed by atoms with E-state index >= 15 is 0 Å². The average molecular weight is 181 g/mol. The molecule has 2 rings (SSSR count). The van der Waals surface area contributed by atoms with Crippen LogP contribution in [-0.2, 0) is 0 Å². The fourth-order valence-electron chi connectivity index (χ4n) is 1.10. The summed E-state index contributed by atoms with van der Waals surface area (Å²) in [6.45, 7) is 1.92. The first-order chi connectivity index (χ1) is 5.68. The largest absolute Gasteiger partial charge is 0.385 e. The molecule has 0 bridgehead atoms. The van der Waals surface area contributed by atoms with Gasteiger partial charge in [0.1, 0.15) is 5.82 Å². The van der Waals surface area contributed by atoms with Crippen molar-refractivity contribution in [2.75, 3.05) is 5.73 Å². The highest BCUT2D eigenvalue weighted by atomic mass is 32.1. The zero-order valence-corrected chi connectivity index (χ0v) is 7.26. The SMILES string of the molecule is Cc1csc2nc(=O)cc(N)n12. The average Bonchev–Trinajstić information content (AvgIpc) is 2.31. The van der Waals surface area contributed by atoms with Gasteiger partial charge in [0.05, 0.1) is 0 Å². The van der Waals surface area contributed by atoms with E-state index < -0.39 is 0 Å². The number of rotatable bonds is 0. The molecular formula is C7H7N3OS. The molecule has 12 heavy (non-hydrogen) atoms. The molecule has 0 fully saturated rings. The van der Waals surface area contributed by atoms with Crippen LogP contribution < -0.4 is 11.3 Å². The summed E-state index contributed by atoms with van der Waals surface area (Å²) in [5.74, 6) is 0.448. The molecule has 2 aromatic heterocycles. The van der Waals surface area contributed by atoms with Crippen molar-refractivity contribution < 1.29 is 0 Å². The molecule has 0 aliphatic rings. The van der Waals surface area contributed by atoms with Crippen molar-refractivity contribution in [3.8, 4) is 0 Å². The Morgan fingerprint density at radius 1 is 1.67 bits per heavy atom. The molecule has 0 amide bonds. The van der Waals surface area contributed by atoms with Crippen LogP contribution in [0.4, 0.5) is 5.82 Å². The number of aromatic nitrogens is 2. The first-order valence-electron chi connectivity index (χ1n) is 3.42. The third kappa shape index (κ3) is 0.902. The molecule has 0 unspecified atom stereocenters. The van der Waals surface area contributed by atoms with E-state index in [2.05, 4.69) is 4.98 Å². The lowest BCUT2D eigenvalue weighted by molar-refractivity contribution is 1.07. The van der Waals surface area contributed by atoms with Gasteiger partial charge in [0.15, 0.2) is 4.96 Å². The van der Waals surface area contributed by atoms with Crippen LogP contribution >= 0.6 is 11.3 Å². The molecule has 4 nitrogen and oxygen atoms in total. The van der Waals surface area contributed by atoms with Gasteiger partial charge in [-0.3, -0.25) is 9.20 Å². The predicted molar refractivity (Wildman–Crippen MR) is 48.5 cm³/mol. The molecule has 2 heterocycles. The summed E-state index contributed by atoms with van der Waals surface area (Å²) in [5, 5.41) is 1.91. The highest BCUT2D eigenvalue weighted by Gasteiger charge is 2.03. The molecule has 0 spiro atoms. The topological polar surface area (TPSA) is 60.4 Å². The number of aryl methyl sites for hydroxylation is 1. The lowest BCUT2D eigenvalue weighted by Gasteiger charge is -1.98. The third-order valence-electron chi connectivity index (χ3n) is 1.61. The van der Waals surface area contributed by atoms with E-state index in [1.54, 1.807) is 4.40 Å². The quantitative estimate of drug-likeness (QED) is 0.649. The molecule has 0 aromatic carbocycles. The van der Waals surface area contributed by atoms with Crippen LogP contribution in [0.1, 0.15) is 5.69 Å². The van der Waals surface area contributed by atoms with Gasteiger partial charge in [-0.2, -0.15) is 4.98 Å². The number of fused-ring (bicyclic) bond motifs is 1. The summed E-state index contributed by atoms with van der Waals surface area (Å²) in [5.41, 5.74) is 6.35. The molecule has 0 atom stereocenters. The second-order valence-electron chi connectivity index (χ2n) is 2.51. The summed E-state index contributed by atoms with van der Waals surface area (Å²) >= 11 is 1.41. The van der Waals surface area contributed by atoms with Crippen LogP contribution in [0.5, 0.6) is 0 Å². The first kappa shape index (κ1) is 7.30. The molecule has 0 aliphatic heterocycles. The van der Waals surface area contributed by atoms with E-state index in [-0.39, 0.29) is 5.56 Å². The van der Waals surface area contributed by atoms with Crippen molar-refractivity contribution in [3.05, 3.63) is 27.5 Å². The van der Waals surface area contributed by atoms with Crippen molar-refractivity contribution in [2.24, 2.45) is 0 Å². The smallest absolute Gasteiger partial charge is 0.276 e. The minimum Gasteiger partial charge on any atom is -0.385 e. The van der Waals surface area contributed by atoms with Gasteiger partial charge in [0.2, 0.25) is 0 Å². The zero-order chi connectivity index (χ0) is 8.72. The monoisotopic (exact) mass is 181 g/mol. The Balaban J connectivity index is 3.02. The lowest BCUT2D eigenvalue weighted by atomic mass is 10.5. The highest BCUT2D eigenvalue weighted by Crippen LogP contribution is 2.14. The van der Waals surface area contributed by atoms with Crippen LogP contribution in [0.3, 0.4) is 0 Å². The van der Waals surface area contributed by atoms with Crippen LogP contribution in [-0.4, -0.2) is 9.38 Å². The van der Waals surface area contributed by atoms with Gasteiger partial charge in [-0.1, -0.05) is 0 Å². The van der Waals surface area contributed by atoms with Crippen molar-refractivity contribution in [1.29, 1.82) is 0 Å². The fraction of sp³-hybridized carbons (Fsp3) is 0.143. The van der Waals surface area contributed by atoms with Crippen LogP contribution in [0, 0.1) is 6.92 Å². The Labute approximate surface area is 72.3 Å². The van der Waals surface area contributed by atoms with Gasteiger partial charge >= 0.3 is 0 Å². The number of hydrogen-bond donors (Lipinski definition) is 1. The summed E-state index contributed by atoms with van der Waals surface area (Å²) in [6, 6.07) is 1.33. The molecule has 2 N–H and O–H groups in total. The number of anilines is 1. The van der Waals surface area contributed by atoms with Crippen LogP contribution in [0.15, 0.2) is 16.2 Å². The first-order valence-corrected chi connectivity index (χ1v) is 4.30. The summed E-state index contributed by atoms with van der Waals surface area (Å²) in [7, 11) is 0. The second-order valence-corrected chi connectivity index (χ2v) is 3.35. The van der Waals surface area contributed by atoms with E-state index in [4.69, 9.17) is 5.73 Å². The summed E-state index contributed by atoms with van der Waals surface area (Å²) in [6.07, 6.45) is 0. The van der Waals surface area contributed by atoms with Gasteiger partial charge < -0.3 is 5.73 Å². The number of hydrogen-bond acceptors (Lipinski definition) is 4. The van der Waals surface area contributed by atoms with Gasteiger partial charge in [0, 0.05) is 17.1 Å². The summed E-state index contributed by atoms with van der Waals surface area (Å²) in [4.78, 5) is 15.4. The zero-order valence-electron chi connectivity index (χ0n) is 6.44. The maximum Gasteiger partial charge on any atom is 0.276 e. The molecule has 0 saturated carbocycles. The van der Waals surface area contributed by atoms with E-state index in [0.29, 0.717) is 10.8 Å². The standard InChI is InChI=1S/C7H7N3OS/c1-4-3-12-7-9-6(11)2-5(8)10(4)7/h2-3H,8H2,1H3. The Kier molecular flexibility index (Phi) is 1.41. The highest BCUT2D eigenvalue weighted by molar-refractivity contribution is 7.15. The summed E-state index contributed by atoms with van der Waals surface area (Å²) < 4.78 is 1.76. The number of nitrogens with two attached hydrogens (primary N) is 1. The van der Waals surface area contributed by atoms with Crippen molar-refractivity contribution in [3.63, 3.8) is 0 Å². The Morgan fingerprint density at radius 3 is 3.17 bits per heavy atom. The molecular weight excluding hydrogens is 174 g/mol. The maximum atomic E-state index is 10.9. The number of thiazole rings is 1. The minimum atomic E-state index is -0.283. The van der Waals surface area contributed by atoms with E-state index in [1.165, 1.54) is 17.4 Å². The number of nitrogens with zero attached hydrogens (tertiary/aromatic N) is 2.